The van der Waals surface area contributed by atoms with E-state index in [0.29, 0.717) is 0 Å². The van der Waals surface area contributed by atoms with Gasteiger partial charge in [-0.05, 0) is 73.1 Å². The fourth-order valence-electron chi connectivity index (χ4n) is 7.00. The number of aromatic nitrogens is 1. The molecular formula is C40H33N. The molecular weight excluding hydrogens is 494 g/mol. The Kier molecular flexibility index (Phi) is 5.77. The van der Waals surface area contributed by atoms with Crippen LogP contribution in [0.1, 0.15) is 32.6 Å². The molecule has 0 bridgehead atoms. The van der Waals surface area contributed by atoms with Gasteiger partial charge in [0.25, 0.3) is 0 Å². The number of hydrogen-bond donors (Lipinski definition) is 0. The zero-order valence-electron chi connectivity index (χ0n) is 23.5. The highest BCUT2D eigenvalue weighted by Crippen LogP contribution is 2.40. The third-order valence-electron chi connectivity index (χ3n) is 9.07. The molecule has 0 aliphatic heterocycles. The number of benzene rings is 7. The van der Waals surface area contributed by atoms with Crippen LogP contribution in [0.15, 0.2) is 121 Å². The van der Waals surface area contributed by atoms with Crippen LogP contribution in [-0.4, -0.2) is 4.57 Å². The van der Waals surface area contributed by atoms with Gasteiger partial charge in [0, 0.05) is 28.4 Å². The van der Waals surface area contributed by atoms with Gasteiger partial charge in [-0.2, -0.15) is 0 Å². The van der Waals surface area contributed by atoms with E-state index in [1.165, 1.54) is 102 Å². The summed E-state index contributed by atoms with van der Waals surface area (Å²) in [6.07, 6.45) is 5.08. The molecule has 0 atom stereocenters. The highest BCUT2D eigenvalue weighted by molar-refractivity contribution is 6.25. The van der Waals surface area contributed by atoms with Crippen LogP contribution in [0.5, 0.6) is 0 Å². The summed E-state index contributed by atoms with van der Waals surface area (Å²) in [7, 11) is 0. The second-order valence-corrected chi connectivity index (χ2v) is 11.5. The number of fused-ring (bicyclic) bond motifs is 3. The quantitative estimate of drug-likeness (QED) is 0.143. The maximum atomic E-state index is 2.54. The number of unbranched alkanes of at least 4 members (excludes halogenated alkanes) is 3. The van der Waals surface area contributed by atoms with Crippen molar-refractivity contribution in [3.05, 3.63) is 121 Å². The van der Waals surface area contributed by atoms with Crippen LogP contribution in [0.4, 0.5) is 0 Å². The molecule has 41 heavy (non-hydrogen) atoms. The smallest absolute Gasteiger partial charge is 0.0497 e. The third-order valence-corrected chi connectivity index (χ3v) is 9.07. The molecule has 0 spiro atoms. The monoisotopic (exact) mass is 527 g/mol. The van der Waals surface area contributed by atoms with Gasteiger partial charge in [-0.25, -0.2) is 0 Å². The number of rotatable bonds is 7. The second kappa shape index (κ2) is 9.78. The molecule has 0 unspecified atom stereocenters. The van der Waals surface area contributed by atoms with Gasteiger partial charge >= 0.3 is 0 Å². The molecule has 1 nitrogen and oxygen atoms in total. The summed E-state index contributed by atoms with van der Waals surface area (Å²) in [6.45, 7) is 3.35. The molecule has 1 heteroatoms. The third kappa shape index (κ3) is 3.91. The predicted molar refractivity (Wildman–Crippen MR) is 178 cm³/mol. The minimum absolute atomic E-state index is 1.07. The lowest BCUT2D eigenvalue weighted by Gasteiger charge is -2.14. The van der Waals surface area contributed by atoms with Crippen LogP contribution in [0, 0.1) is 0 Å². The van der Waals surface area contributed by atoms with E-state index >= 15 is 0 Å². The van der Waals surface area contributed by atoms with Crippen molar-refractivity contribution in [3.63, 3.8) is 0 Å². The van der Waals surface area contributed by atoms with Crippen LogP contribution in [0.25, 0.3) is 76.4 Å². The van der Waals surface area contributed by atoms with Crippen molar-refractivity contribution < 1.29 is 0 Å². The Hall–Kier alpha value is -4.62. The summed E-state index contributed by atoms with van der Waals surface area (Å²) in [6, 6.07) is 45.4. The van der Waals surface area contributed by atoms with E-state index in [9.17, 15) is 0 Å². The van der Waals surface area contributed by atoms with Crippen molar-refractivity contribution in [2.24, 2.45) is 0 Å². The van der Waals surface area contributed by atoms with Gasteiger partial charge in [0.05, 0.1) is 0 Å². The van der Waals surface area contributed by atoms with Crippen molar-refractivity contribution in [2.45, 2.75) is 39.2 Å². The first-order valence-electron chi connectivity index (χ1n) is 15.1. The predicted octanol–water partition coefficient (Wildman–Crippen LogP) is 11.6. The lowest BCUT2D eigenvalue weighted by Crippen LogP contribution is -1.97. The fourth-order valence-corrected chi connectivity index (χ4v) is 7.00. The van der Waals surface area contributed by atoms with Gasteiger partial charge < -0.3 is 4.57 Å². The molecule has 0 fully saturated rings. The average molecular weight is 528 g/mol. The molecule has 0 saturated heterocycles. The molecule has 0 radical (unpaired) electrons. The van der Waals surface area contributed by atoms with Gasteiger partial charge in [0.2, 0.25) is 0 Å². The Morgan fingerprint density at radius 1 is 0.463 bits per heavy atom. The Morgan fingerprint density at radius 2 is 1.12 bits per heavy atom. The SMILES string of the molecule is CCCCCCn1c2ccccc2c2ccc(-c3ccc(-c4ccc5ccc6cccc7ccc4c5c67)cc3)cc21. The number of aryl methyl sites for hydroxylation is 1. The van der Waals surface area contributed by atoms with Crippen molar-refractivity contribution in [1.82, 2.24) is 4.57 Å². The molecule has 1 aromatic heterocycles. The topological polar surface area (TPSA) is 4.93 Å². The molecule has 0 amide bonds. The van der Waals surface area contributed by atoms with E-state index in [-0.39, 0.29) is 0 Å². The Balaban J connectivity index is 1.20. The van der Waals surface area contributed by atoms with Gasteiger partial charge in [-0.15, -0.1) is 0 Å². The first-order chi connectivity index (χ1) is 20.3. The van der Waals surface area contributed by atoms with Gasteiger partial charge in [-0.3, -0.25) is 0 Å². The van der Waals surface area contributed by atoms with Crippen LogP contribution < -0.4 is 0 Å². The van der Waals surface area contributed by atoms with E-state index in [0.717, 1.165) is 6.54 Å². The lowest BCUT2D eigenvalue weighted by atomic mass is 9.89. The molecule has 0 aliphatic rings. The summed E-state index contributed by atoms with van der Waals surface area (Å²) >= 11 is 0. The molecule has 1 heterocycles. The Labute approximate surface area is 241 Å². The molecule has 0 saturated carbocycles. The van der Waals surface area contributed by atoms with Crippen LogP contribution >= 0.6 is 0 Å². The minimum Gasteiger partial charge on any atom is -0.340 e. The van der Waals surface area contributed by atoms with E-state index in [1.807, 2.05) is 0 Å². The summed E-state index contributed by atoms with van der Waals surface area (Å²) in [5.41, 5.74) is 7.78. The Bertz CT molecular complexity index is 2160. The van der Waals surface area contributed by atoms with Crippen molar-refractivity contribution in [3.8, 4) is 22.3 Å². The van der Waals surface area contributed by atoms with E-state index in [2.05, 4.69) is 133 Å². The van der Waals surface area contributed by atoms with Crippen LogP contribution in [-0.2, 0) is 6.54 Å². The fraction of sp³-hybridized carbons (Fsp3) is 0.150. The average Bonchev–Trinajstić information content (AvgIpc) is 3.35. The highest BCUT2D eigenvalue weighted by atomic mass is 15.0. The summed E-state index contributed by atoms with van der Waals surface area (Å²) in [5.74, 6) is 0. The minimum atomic E-state index is 1.07. The molecule has 8 rings (SSSR count). The standard InChI is InChI=1S/C40H33N/c1-2-3-4-7-25-41-37-12-6-5-11-34(37)35-23-21-32(26-38(35)41)27-13-15-28(16-14-27)33-22-19-31-18-17-29-9-8-10-30-20-24-36(33)40(31)39(29)30/h5-6,8-24,26H,2-4,7,25H2,1H3. The Morgan fingerprint density at radius 3 is 1.95 bits per heavy atom. The second-order valence-electron chi connectivity index (χ2n) is 11.5. The largest absolute Gasteiger partial charge is 0.340 e. The van der Waals surface area contributed by atoms with Gasteiger partial charge in [0.15, 0.2) is 0 Å². The molecule has 0 aliphatic carbocycles. The number of nitrogens with zero attached hydrogens (tertiary/aromatic N) is 1. The summed E-state index contributed by atoms with van der Waals surface area (Å²) in [4.78, 5) is 0. The van der Waals surface area contributed by atoms with Crippen molar-refractivity contribution in [1.29, 1.82) is 0 Å². The molecule has 8 aromatic rings. The zero-order chi connectivity index (χ0) is 27.3. The van der Waals surface area contributed by atoms with E-state index in [1.54, 1.807) is 0 Å². The molecule has 7 aromatic carbocycles. The maximum absolute atomic E-state index is 2.54. The lowest BCUT2D eigenvalue weighted by molar-refractivity contribution is 0.602. The highest BCUT2D eigenvalue weighted by Gasteiger charge is 2.14. The maximum Gasteiger partial charge on any atom is 0.0497 e. The van der Waals surface area contributed by atoms with Crippen molar-refractivity contribution >= 4 is 54.1 Å². The van der Waals surface area contributed by atoms with Crippen LogP contribution in [0.2, 0.25) is 0 Å². The van der Waals surface area contributed by atoms with E-state index < -0.39 is 0 Å². The van der Waals surface area contributed by atoms with E-state index in [4.69, 9.17) is 0 Å². The van der Waals surface area contributed by atoms with Crippen LogP contribution in [0.3, 0.4) is 0 Å². The number of para-hydroxylation sites is 1. The first kappa shape index (κ1) is 24.2. The normalized spacial score (nSPS) is 12.0. The van der Waals surface area contributed by atoms with Crippen molar-refractivity contribution in [2.75, 3.05) is 0 Å². The van der Waals surface area contributed by atoms with Gasteiger partial charge in [-0.1, -0.05) is 135 Å². The van der Waals surface area contributed by atoms with Gasteiger partial charge in [0.1, 0.15) is 0 Å². The zero-order valence-corrected chi connectivity index (χ0v) is 23.5. The molecule has 198 valence electrons. The number of hydrogen-bond acceptors (Lipinski definition) is 0. The summed E-state index contributed by atoms with van der Waals surface area (Å²) < 4.78 is 2.54. The molecule has 0 N–H and O–H groups in total. The first-order valence-corrected chi connectivity index (χ1v) is 15.1. The summed E-state index contributed by atoms with van der Waals surface area (Å²) in [5, 5.41) is 10.7.